The maximum absolute atomic E-state index is 5.56. The molecule has 0 N–H and O–H groups in total. The van der Waals surface area contributed by atoms with E-state index in [1.54, 1.807) is 0 Å². The minimum atomic E-state index is -0.404. The van der Waals surface area contributed by atoms with Gasteiger partial charge in [0.2, 0.25) is 6.79 Å². The molecule has 2 aliphatic rings. The normalized spacial score (nSPS) is 20.3. The van der Waals surface area contributed by atoms with Crippen molar-refractivity contribution < 1.29 is 18.9 Å². The molecule has 2 aliphatic heterocycles. The summed E-state index contributed by atoms with van der Waals surface area (Å²) < 4.78 is 21.7. The molecule has 0 amide bonds. The van der Waals surface area contributed by atoms with Crippen molar-refractivity contribution in [2.45, 2.75) is 25.6 Å². The Kier molecular flexibility index (Phi) is 3.44. The quantitative estimate of drug-likeness (QED) is 0.836. The molecule has 4 nitrogen and oxygen atoms in total. The highest BCUT2D eigenvalue weighted by molar-refractivity contribution is 5.56. The van der Waals surface area contributed by atoms with Crippen molar-refractivity contribution in [3.63, 3.8) is 0 Å². The van der Waals surface area contributed by atoms with Gasteiger partial charge in [-0.3, -0.25) is 0 Å². The average Bonchev–Trinajstić information content (AvgIpc) is 3.03. The molecule has 0 aromatic heterocycles. The third kappa shape index (κ3) is 2.91. The minimum Gasteiger partial charge on any atom is -0.454 e. The van der Waals surface area contributed by atoms with E-state index in [1.165, 1.54) is 0 Å². The van der Waals surface area contributed by atoms with E-state index >= 15 is 0 Å². The lowest BCUT2D eigenvalue weighted by molar-refractivity contribution is -0.145. The van der Waals surface area contributed by atoms with Crippen molar-refractivity contribution >= 4 is 6.08 Å². The van der Waals surface area contributed by atoms with Crippen LogP contribution in [0.15, 0.2) is 24.3 Å². The second-order valence-corrected chi connectivity index (χ2v) is 4.88. The molecule has 0 unspecified atom stereocenters. The number of fused-ring (bicyclic) bond motifs is 1. The number of benzene rings is 1. The van der Waals surface area contributed by atoms with Gasteiger partial charge in [0.05, 0.1) is 13.2 Å². The highest BCUT2D eigenvalue weighted by Gasteiger charge is 2.29. The summed E-state index contributed by atoms with van der Waals surface area (Å²) in [5.41, 5.74) is 1.11. The summed E-state index contributed by atoms with van der Waals surface area (Å²) in [5.74, 6) is 1.23. The van der Waals surface area contributed by atoms with Crippen LogP contribution in [0.2, 0.25) is 0 Å². The first kappa shape index (κ1) is 12.5. The number of hydrogen-bond acceptors (Lipinski definition) is 4. The summed E-state index contributed by atoms with van der Waals surface area (Å²) >= 11 is 0. The topological polar surface area (TPSA) is 36.9 Å². The Hall–Kier alpha value is -1.52. The molecule has 0 atom stereocenters. The number of hydrogen-bond donors (Lipinski definition) is 0. The number of allylic oxidation sites excluding steroid dienone is 1. The first-order valence-electron chi connectivity index (χ1n) is 6.59. The molecular weight excluding hydrogens is 244 g/mol. The highest BCUT2D eigenvalue weighted by atomic mass is 16.7. The summed E-state index contributed by atoms with van der Waals surface area (Å²) in [6, 6.07) is 5.95. The molecule has 0 aliphatic carbocycles. The van der Waals surface area contributed by atoms with Gasteiger partial charge in [0.1, 0.15) is 0 Å². The van der Waals surface area contributed by atoms with Crippen LogP contribution in [0.4, 0.5) is 0 Å². The zero-order valence-electron chi connectivity index (χ0n) is 11.1. The van der Waals surface area contributed by atoms with E-state index in [0.29, 0.717) is 20.0 Å². The first-order valence-corrected chi connectivity index (χ1v) is 6.59. The van der Waals surface area contributed by atoms with Crippen LogP contribution in [0, 0.1) is 0 Å². The van der Waals surface area contributed by atoms with Gasteiger partial charge in [0.25, 0.3) is 0 Å². The van der Waals surface area contributed by atoms with Crippen LogP contribution < -0.4 is 9.47 Å². The van der Waals surface area contributed by atoms with E-state index in [1.807, 2.05) is 25.1 Å². The standard InChI is InChI=1S/C15H18O4/c1-15(18-8-9-19-15)7-3-2-4-12-5-6-13-14(10-12)17-11-16-13/h2,4-6,10H,3,7-9,11H2,1H3/b4-2-. The molecule has 0 spiro atoms. The lowest BCUT2D eigenvalue weighted by Gasteiger charge is -2.20. The van der Waals surface area contributed by atoms with E-state index in [-0.39, 0.29) is 0 Å². The molecular formula is C15H18O4. The van der Waals surface area contributed by atoms with Crippen LogP contribution in [0.3, 0.4) is 0 Å². The van der Waals surface area contributed by atoms with Gasteiger partial charge in [-0.1, -0.05) is 18.2 Å². The predicted octanol–water partition coefficient (Wildman–Crippen LogP) is 2.97. The summed E-state index contributed by atoms with van der Waals surface area (Å²) in [4.78, 5) is 0. The minimum absolute atomic E-state index is 0.315. The predicted molar refractivity (Wildman–Crippen MR) is 71.1 cm³/mol. The van der Waals surface area contributed by atoms with Crippen LogP contribution in [-0.4, -0.2) is 25.8 Å². The van der Waals surface area contributed by atoms with E-state index < -0.39 is 5.79 Å². The van der Waals surface area contributed by atoms with Gasteiger partial charge in [-0.05, 0) is 31.0 Å². The van der Waals surface area contributed by atoms with Gasteiger partial charge >= 0.3 is 0 Å². The zero-order valence-corrected chi connectivity index (χ0v) is 11.1. The lowest BCUT2D eigenvalue weighted by atomic mass is 10.1. The Balaban J connectivity index is 1.55. The maximum atomic E-state index is 5.56. The Labute approximate surface area is 112 Å². The fourth-order valence-corrected chi connectivity index (χ4v) is 2.28. The maximum Gasteiger partial charge on any atom is 0.231 e. The van der Waals surface area contributed by atoms with E-state index in [9.17, 15) is 0 Å². The Morgan fingerprint density at radius 3 is 2.79 bits per heavy atom. The molecule has 1 aromatic rings. The van der Waals surface area contributed by atoms with Crippen LogP contribution in [0.5, 0.6) is 11.5 Å². The summed E-state index contributed by atoms with van der Waals surface area (Å²) in [6.45, 7) is 3.70. The second-order valence-electron chi connectivity index (χ2n) is 4.88. The Morgan fingerprint density at radius 1 is 1.16 bits per heavy atom. The summed E-state index contributed by atoms with van der Waals surface area (Å²) in [6.07, 6.45) is 6.01. The molecule has 1 aromatic carbocycles. The third-order valence-electron chi connectivity index (χ3n) is 3.37. The average molecular weight is 262 g/mol. The van der Waals surface area contributed by atoms with Gasteiger partial charge in [-0.15, -0.1) is 0 Å². The van der Waals surface area contributed by atoms with Crippen LogP contribution in [0.1, 0.15) is 25.3 Å². The van der Waals surface area contributed by atoms with Gasteiger partial charge in [-0.2, -0.15) is 0 Å². The zero-order chi connectivity index (χ0) is 13.1. The molecule has 0 radical (unpaired) electrons. The summed E-state index contributed by atoms with van der Waals surface area (Å²) in [7, 11) is 0. The molecule has 0 bridgehead atoms. The Morgan fingerprint density at radius 2 is 1.95 bits per heavy atom. The van der Waals surface area contributed by atoms with Gasteiger partial charge in [0.15, 0.2) is 17.3 Å². The largest absolute Gasteiger partial charge is 0.454 e. The van der Waals surface area contributed by atoms with Crippen molar-refractivity contribution in [1.29, 1.82) is 0 Å². The highest BCUT2D eigenvalue weighted by Crippen LogP contribution is 2.33. The second kappa shape index (κ2) is 5.23. The van der Waals surface area contributed by atoms with Crippen molar-refractivity contribution in [2.75, 3.05) is 20.0 Å². The smallest absolute Gasteiger partial charge is 0.231 e. The molecule has 102 valence electrons. The molecule has 4 heteroatoms. The van der Waals surface area contributed by atoms with Crippen LogP contribution in [-0.2, 0) is 9.47 Å². The van der Waals surface area contributed by atoms with Gasteiger partial charge in [-0.25, -0.2) is 0 Å². The van der Waals surface area contributed by atoms with Crippen LogP contribution in [0.25, 0.3) is 6.08 Å². The van der Waals surface area contributed by atoms with Crippen molar-refractivity contribution in [1.82, 2.24) is 0 Å². The third-order valence-corrected chi connectivity index (χ3v) is 3.37. The fraction of sp³-hybridized carbons (Fsp3) is 0.467. The van der Waals surface area contributed by atoms with Crippen molar-refractivity contribution in [3.8, 4) is 11.5 Å². The van der Waals surface area contributed by atoms with E-state index in [0.717, 1.165) is 29.9 Å². The molecule has 1 saturated heterocycles. The van der Waals surface area contributed by atoms with Gasteiger partial charge in [0, 0.05) is 6.42 Å². The molecule has 3 rings (SSSR count). The lowest BCUT2D eigenvalue weighted by Crippen LogP contribution is -2.24. The molecule has 19 heavy (non-hydrogen) atoms. The SMILES string of the molecule is CC1(CC/C=C\c2ccc3c(c2)OCO3)OCCO1. The monoisotopic (exact) mass is 262 g/mol. The summed E-state index contributed by atoms with van der Waals surface area (Å²) in [5, 5.41) is 0. The fourth-order valence-electron chi connectivity index (χ4n) is 2.28. The Bertz CT molecular complexity index is 475. The molecule has 2 heterocycles. The van der Waals surface area contributed by atoms with Crippen molar-refractivity contribution in [3.05, 3.63) is 29.8 Å². The van der Waals surface area contributed by atoms with Gasteiger partial charge < -0.3 is 18.9 Å². The number of ether oxygens (including phenoxy) is 4. The first-order chi connectivity index (χ1) is 9.25. The molecule has 0 saturated carbocycles. The molecule has 1 fully saturated rings. The van der Waals surface area contributed by atoms with Crippen molar-refractivity contribution in [2.24, 2.45) is 0 Å². The van der Waals surface area contributed by atoms with E-state index in [4.69, 9.17) is 18.9 Å². The number of rotatable bonds is 4. The van der Waals surface area contributed by atoms with E-state index in [2.05, 4.69) is 12.2 Å². The van der Waals surface area contributed by atoms with Crippen LogP contribution >= 0.6 is 0 Å².